The van der Waals surface area contributed by atoms with Crippen LogP contribution in [-0.4, -0.2) is 12.4 Å². The van der Waals surface area contributed by atoms with Crippen LogP contribution in [0.5, 0.6) is 0 Å². The van der Waals surface area contributed by atoms with Gasteiger partial charge in [-0.15, -0.1) is 0 Å². The normalized spacial score (nSPS) is 18.4. The Kier molecular flexibility index (Phi) is 5.55. The molecule has 0 heterocycles. The molecule has 0 aromatic carbocycles. The van der Waals surface area contributed by atoms with Gasteiger partial charge in [0, 0.05) is 17.5 Å². The van der Waals surface area contributed by atoms with E-state index in [-0.39, 0.29) is 5.41 Å². The first-order valence-electron chi connectivity index (χ1n) is 7.29. The van der Waals surface area contributed by atoms with E-state index in [2.05, 4.69) is 76.9 Å². The third-order valence-corrected chi connectivity index (χ3v) is 3.03. The number of aliphatic imine (C=N–C) groups is 1. The molecule has 0 fully saturated rings. The van der Waals surface area contributed by atoms with Gasteiger partial charge in [0.05, 0.1) is 0 Å². The van der Waals surface area contributed by atoms with Crippen LogP contribution in [0.3, 0.4) is 0 Å². The summed E-state index contributed by atoms with van der Waals surface area (Å²) < 4.78 is 0. The predicted octanol–water partition coefficient (Wildman–Crippen LogP) is 4.41. The fourth-order valence-electron chi connectivity index (χ4n) is 1.88. The van der Waals surface area contributed by atoms with Crippen LogP contribution in [0.2, 0.25) is 0 Å². The molecule has 0 spiro atoms. The minimum Gasteiger partial charge on any atom is -0.383 e. The first-order valence-corrected chi connectivity index (χ1v) is 7.29. The van der Waals surface area contributed by atoms with Crippen molar-refractivity contribution in [3.05, 3.63) is 47.1 Å². The molecule has 1 aliphatic rings. The largest absolute Gasteiger partial charge is 0.383 e. The summed E-state index contributed by atoms with van der Waals surface area (Å²) in [7, 11) is 0. The van der Waals surface area contributed by atoms with Gasteiger partial charge >= 0.3 is 0 Å². The number of allylic oxidation sites excluding steroid dienone is 6. The Hall–Kier alpha value is -1.57. The summed E-state index contributed by atoms with van der Waals surface area (Å²) in [5, 5.41) is 0. The van der Waals surface area contributed by atoms with E-state index in [1.807, 2.05) is 0 Å². The van der Waals surface area contributed by atoms with Gasteiger partial charge in [-0.3, -0.25) is 4.99 Å². The average molecular weight is 272 g/mol. The van der Waals surface area contributed by atoms with E-state index in [4.69, 9.17) is 5.73 Å². The molecule has 0 bridgehead atoms. The summed E-state index contributed by atoms with van der Waals surface area (Å²) in [6, 6.07) is 0. The monoisotopic (exact) mass is 272 g/mol. The molecule has 2 heteroatoms. The molecule has 0 unspecified atom stereocenters. The summed E-state index contributed by atoms with van der Waals surface area (Å²) in [5.41, 5.74) is 9.66. The first-order chi connectivity index (χ1) is 9.21. The standard InChI is InChI=1S/C18H28N2/c1-13(2)11-15-7-9-18(5,6)10-8-16(15)17(19)20-12-14(3)4/h7-11,14H,12H2,1-6H3,(H2,19,20). The molecule has 0 aliphatic heterocycles. The van der Waals surface area contributed by atoms with Crippen molar-refractivity contribution in [1.29, 1.82) is 0 Å². The van der Waals surface area contributed by atoms with E-state index in [9.17, 15) is 0 Å². The lowest BCUT2D eigenvalue weighted by Gasteiger charge is -2.12. The van der Waals surface area contributed by atoms with E-state index in [0.29, 0.717) is 11.8 Å². The van der Waals surface area contributed by atoms with E-state index >= 15 is 0 Å². The number of hydrogen-bond donors (Lipinski definition) is 1. The molecule has 2 N–H and O–H groups in total. The lowest BCUT2D eigenvalue weighted by atomic mass is 9.93. The van der Waals surface area contributed by atoms with Gasteiger partial charge in [-0.25, -0.2) is 0 Å². The quantitative estimate of drug-likeness (QED) is 0.597. The second-order valence-electron chi connectivity index (χ2n) is 6.70. The first kappa shape index (κ1) is 16.5. The number of hydrogen-bond acceptors (Lipinski definition) is 1. The van der Waals surface area contributed by atoms with Crippen molar-refractivity contribution in [2.75, 3.05) is 6.54 Å². The Morgan fingerprint density at radius 1 is 1.25 bits per heavy atom. The Morgan fingerprint density at radius 3 is 2.40 bits per heavy atom. The highest BCUT2D eigenvalue weighted by molar-refractivity contribution is 6.01. The summed E-state index contributed by atoms with van der Waals surface area (Å²) >= 11 is 0. The lowest BCUT2D eigenvalue weighted by Crippen LogP contribution is -2.16. The topological polar surface area (TPSA) is 38.4 Å². The van der Waals surface area contributed by atoms with E-state index in [1.54, 1.807) is 0 Å². The van der Waals surface area contributed by atoms with Crippen molar-refractivity contribution in [2.24, 2.45) is 22.1 Å². The third-order valence-electron chi connectivity index (χ3n) is 3.03. The Labute approximate surface area is 123 Å². The minimum atomic E-state index is 0.0425. The van der Waals surface area contributed by atoms with Crippen LogP contribution < -0.4 is 5.73 Å². The zero-order valence-electron chi connectivity index (χ0n) is 13.7. The highest BCUT2D eigenvalue weighted by atomic mass is 14.9. The van der Waals surface area contributed by atoms with Gasteiger partial charge in [0.2, 0.25) is 0 Å². The molecule has 0 atom stereocenters. The van der Waals surface area contributed by atoms with E-state index in [1.165, 1.54) is 5.57 Å². The number of nitrogens with two attached hydrogens (primary N) is 1. The van der Waals surface area contributed by atoms with Crippen LogP contribution >= 0.6 is 0 Å². The number of amidine groups is 1. The van der Waals surface area contributed by atoms with Gasteiger partial charge < -0.3 is 5.73 Å². The SMILES string of the molecule is CC(C)=CC1=C(C(N)=NCC(C)C)C=CC(C)(C)C=C1. The van der Waals surface area contributed by atoms with Crippen molar-refractivity contribution in [3.63, 3.8) is 0 Å². The van der Waals surface area contributed by atoms with Crippen LogP contribution in [0.25, 0.3) is 0 Å². The van der Waals surface area contributed by atoms with Gasteiger partial charge in [-0.2, -0.15) is 0 Å². The molecule has 2 nitrogen and oxygen atoms in total. The molecule has 20 heavy (non-hydrogen) atoms. The number of rotatable bonds is 4. The molecular formula is C18H28N2. The van der Waals surface area contributed by atoms with Gasteiger partial charge in [0.1, 0.15) is 5.84 Å². The summed E-state index contributed by atoms with van der Waals surface area (Å²) in [5.74, 6) is 1.15. The molecule has 1 rings (SSSR count). The van der Waals surface area contributed by atoms with Crippen LogP contribution in [-0.2, 0) is 0 Å². The zero-order valence-corrected chi connectivity index (χ0v) is 13.7. The minimum absolute atomic E-state index is 0.0425. The maximum absolute atomic E-state index is 6.20. The van der Waals surface area contributed by atoms with Gasteiger partial charge in [-0.1, -0.05) is 63.6 Å². The number of nitrogens with zero attached hydrogens (tertiary/aromatic N) is 1. The van der Waals surface area contributed by atoms with Gasteiger partial charge in [0.15, 0.2) is 0 Å². The third kappa shape index (κ3) is 5.20. The zero-order chi connectivity index (χ0) is 15.3. The molecule has 0 amide bonds. The molecule has 0 saturated carbocycles. The Balaban J connectivity index is 3.25. The summed E-state index contributed by atoms with van der Waals surface area (Å²) in [4.78, 5) is 4.52. The molecule has 110 valence electrons. The van der Waals surface area contributed by atoms with Crippen molar-refractivity contribution < 1.29 is 0 Å². The Morgan fingerprint density at radius 2 is 1.85 bits per heavy atom. The second kappa shape index (κ2) is 6.74. The Bertz CT molecular complexity index is 494. The molecule has 0 aromatic heterocycles. The van der Waals surface area contributed by atoms with Crippen molar-refractivity contribution in [2.45, 2.75) is 41.5 Å². The molecule has 0 radical (unpaired) electrons. The second-order valence-corrected chi connectivity index (χ2v) is 6.70. The maximum Gasteiger partial charge on any atom is 0.126 e. The fraction of sp³-hybridized carbons (Fsp3) is 0.500. The van der Waals surface area contributed by atoms with E-state index < -0.39 is 0 Å². The molecule has 0 saturated heterocycles. The predicted molar refractivity (Wildman–Crippen MR) is 89.8 cm³/mol. The van der Waals surface area contributed by atoms with Crippen LogP contribution in [0.4, 0.5) is 0 Å². The van der Waals surface area contributed by atoms with E-state index in [0.717, 1.165) is 17.7 Å². The molecule has 0 aromatic rings. The maximum atomic E-state index is 6.20. The van der Waals surface area contributed by atoms with Crippen molar-refractivity contribution in [3.8, 4) is 0 Å². The van der Waals surface area contributed by atoms with Crippen LogP contribution in [0.15, 0.2) is 52.1 Å². The fourth-order valence-corrected chi connectivity index (χ4v) is 1.88. The smallest absolute Gasteiger partial charge is 0.126 e. The van der Waals surface area contributed by atoms with Crippen molar-refractivity contribution >= 4 is 5.84 Å². The summed E-state index contributed by atoms with van der Waals surface area (Å²) in [6.45, 7) is 13.6. The molecule has 1 aliphatic carbocycles. The van der Waals surface area contributed by atoms with Crippen molar-refractivity contribution in [1.82, 2.24) is 0 Å². The van der Waals surface area contributed by atoms with Crippen LogP contribution in [0, 0.1) is 11.3 Å². The summed E-state index contributed by atoms with van der Waals surface area (Å²) in [6.07, 6.45) is 10.8. The van der Waals surface area contributed by atoms with Gasteiger partial charge in [0.25, 0.3) is 0 Å². The highest BCUT2D eigenvalue weighted by Gasteiger charge is 2.15. The lowest BCUT2D eigenvalue weighted by molar-refractivity contribution is 0.627. The van der Waals surface area contributed by atoms with Gasteiger partial charge in [-0.05, 0) is 25.3 Å². The highest BCUT2D eigenvalue weighted by Crippen LogP contribution is 2.26. The average Bonchev–Trinajstić information content (AvgIpc) is 2.45. The van der Waals surface area contributed by atoms with Crippen LogP contribution in [0.1, 0.15) is 41.5 Å². The molecular weight excluding hydrogens is 244 g/mol.